The average molecular weight is 367 g/mol. The van der Waals surface area contributed by atoms with Crippen molar-refractivity contribution < 1.29 is 13.9 Å². The molecule has 0 spiro atoms. The molecule has 1 aliphatic heterocycles. The minimum atomic E-state index is -0.636. The van der Waals surface area contributed by atoms with Gasteiger partial charge in [-0.3, -0.25) is 9.69 Å². The van der Waals surface area contributed by atoms with Crippen LogP contribution in [-0.2, 0) is 9.53 Å². The minimum Gasteiger partial charge on any atom is -0.454 e. The normalized spacial score (nSPS) is 23.9. The summed E-state index contributed by atoms with van der Waals surface area (Å²) in [5.41, 5.74) is 1.98. The summed E-state index contributed by atoms with van der Waals surface area (Å²) in [6.45, 7) is 2.00. The van der Waals surface area contributed by atoms with Crippen molar-refractivity contribution in [2.24, 2.45) is 0 Å². The van der Waals surface area contributed by atoms with Gasteiger partial charge in [-0.15, -0.1) is 0 Å². The Labute approximate surface area is 160 Å². The summed E-state index contributed by atoms with van der Waals surface area (Å²) in [6.07, 6.45) is 2.74. The summed E-state index contributed by atoms with van der Waals surface area (Å²) in [4.78, 5) is 14.7. The molecule has 1 saturated heterocycles. The Hall–Kier alpha value is -2.46. The van der Waals surface area contributed by atoms with Crippen LogP contribution in [0.15, 0.2) is 72.6 Å². The molecule has 3 rings (SSSR count). The van der Waals surface area contributed by atoms with Crippen LogP contribution in [0.1, 0.15) is 49.5 Å². The Morgan fingerprint density at radius 3 is 2.26 bits per heavy atom. The maximum absolute atomic E-state index is 14.3. The summed E-state index contributed by atoms with van der Waals surface area (Å²) >= 11 is 0. The van der Waals surface area contributed by atoms with E-state index in [9.17, 15) is 9.18 Å². The molecule has 1 heterocycles. The quantitative estimate of drug-likeness (QED) is 0.643. The van der Waals surface area contributed by atoms with Gasteiger partial charge in [-0.25, -0.2) is 4.39 Å². The van der Waals surface area contributed by atoms with Crippen LogP contribution in [0.25, 0.3) is 0 Å². The molecule has 0 N–H and O–H groups in total. The maximum atomic E-state index is 14.3. The predicted molar refractivity (Wildman–Crippen MR) is 105 cm³/mol. The average Bonchev–Trinajstić information content (AvgIpc) is 2.70. The number of esters is 1. The fraction of sp³-hybridized carbons (Fsp3) is 0.348. The van der Waals surface area contributed by atoms with E-state index in [1.807, 2.05) is 79.5 Å². The molecule has 4 heteroatoms. The van der Waals surface area contributed by atoms with Crippen molar-refractivity contribution in [2.45, 2.75) is 44.4 Å². The molecular weight excluding hydrogens is 341 g/mol. The first-order valence-corrected chi connectivity index (χ1v) is 9.48. The molecule has 0 amide bonds. The monoisotopic (exact) mass is 367 g/mol. The van der Waals surface area contributed by atoms with Crippen molar-refractivity contribution in [1.82, 2.24) is 4.90 Å². The molecule has 3 nitrogen and oxygen atoms in total. The van der Waals surface area contributed by atoms with E-state index in [1.165, 1.54) is 0 Å². The Morgan fingerprint density at radius 1 is 1.07 bits per heavy atom. The number of allylic oxidation sites excluding steroid dienone is 1. The summed E-state index contributed by atoms with van der Waals surface area (Å²) < 4.78 is 20.2. The lowest BCUT2D eigenvalue weighted by atomic mass is 9.91. The van der Waals surface area contributed by atoms with Gasteiger partial charge in [0.05, 0.1) is 11.9 Å². The second-order valence-electron chi connectivity index (χ2n) is 6.95. The molecule has 1 fully saturated rings. The second-order valence-corrected chi connectivity index (χ2v) is 6.95. The lowest BCUT2D eigenvalue weighted by Crippen LogP contribution is -2.49. The third-order valence-electron chi connectivity index (χ3n) is 5.04. The van der Waals surface area contributed by atoms with E-state index < -0.39 is 12.1 Å². The predicted octanol–water partition coefficient (Wildman–Crippen LogP) is 5.37. The van der Waals surface area contributed by atoms with Crippen molar-refractivity contribution in [2.75, 3.05) is 7.05 Å². The summed E-state index contributed by atoms with van der Waals surface area (Å²) in [5, 5.41) is 0. The minimum absolute atomic E-state index is 0.0418. The van der Waals surface area contributed by atoms with Gasteiger partial charge in [-0.1, -0.05) is 80.1 Å². The second kappa shape index (κ2) is 8.96. The zero-order valence-electron chi connectivity index (χ0n) is 15.8. The van der Waals surface area contributed by atoms with Crippen molar-refractivity contribution in [3.63, 3.8) is 0 Å². The number of ether oxygens (including phenoxy) is 1. The Morgan fingerprint density at radius 2 is 1.67 bits per heavy atom. The molecule has 0 radical (unpaired) electrons. The highest BCUT2D eigenvalue weighted by atomic mass is 19.1. The number of carbonyl (C=O) groups excluding carboxylic acids is 1. The van der Waals surface area contributed by atoms with Gasteiger partial charge in [0, 0.05) is 6.42 Å². The van der Waals surface area contributed by atoms with Gasteiger partial charge in [0.2, 0.25) is 0 Å². The van der Waals surface area contributed by atoms with Crippen molar-refractivity contribution in [3.8, 4) is 0 Å². The fourth-order valence-corrected chi connectivity index (χ4v) is 3.59. The van der Waals surface area contributed by atoms with Crippen LogP contribution in [0.4, 0.5) is 4.39 Å². The van der Waals surface area contributed by atoms with Crippen molar-refractivity contribution in [3.05, 3.63) is 83.7 Å². The zero-order chi connectivity index (χ0) is 19.2. The van der Waals surface area contributed by atoms with Gasteiger partial charge in [0.25, 0.3) is 0 Å². The molecule has 27 heavy (non-hydrogen) atoms. The molecule has 0 bridgehead atoms. The lowest BCUT2D eigenvalue weighted by Gasteiger charge is -2.43. The number of carbonyl (C=O) groups is 1. The Bertz CT molecular complexity index is 775. The van der Waals surface area contributed by atoms with E-state index in [-0.39, 0.29) is 24.3 Å². The van der Waals surface area contributed by atoms with E-state index in [2.05, 4.69) is 0 Å². The van der Waals surface area contributed by atoms with Gasteiger partial charge < -0.3 is 4.74 Å². The molecule has 1 aliphatic rings. The number of hydrogen-bond acceptors (Lipinski definition) is 3. The Kier molecular flexibility index (Phi) is 6.40. The fourth-order valence-electron chi connectivity index (χ4n) is 3.59. The SMILES string of the molecule is CCC/C=C(\F)CC1C(=O)OC(c2ccccc2)C(c2ccccc2)N1C. The highest BCUT2D eigenvalue weighted by Gasteiger charge is 2.43. The maximum Gasteiger partial charge on any atom is 0.324 e. The summed E-state index contributed by atoms with van der Waals surface area (Å²) in [5.74, 6) is -0.630. The third-order valence-corrected chi connectivity index (χ3v) is 5.04. The van der Waals surface area contributed by atoms with Crippen LogP contribution in [0.2, 0.25) is 0 Å². The van der Waals surface area contributed by atoms with Crippen LogP contribution in [0.3, 0.4) is 0 Å². The molecule has 2 aromatic carbocycles. The molecular formula is C23H26FNO2. The smallest absolute Gasteiger partial charge is 0.324 e. The third kappa shape index (κ3) is 4.45. The first-order valence-electron chi connectivity index (χ1n) is 9.48. The standard InChI is InChI=1S/C23H26FNO2/c1-3-4-15-19(24)16-20-23(26)27-22(18-13-9-6-10-14-18)21(25(20)2)17-11-7-5-8-12-17/h5-15,20-22H,3-4,16H2,1-2H3/b19-15-. The molecule has 2 aromatic rings. The largest absolute Gasteiger partial charge is 0.454 e. The van der Waals surface area contributed by atoms with Crippen LogP contribution in [0, 0.1) is 0 Å². The number of unbranched alkanes of at least 4 members (excludes halogenated alkanes) is 1. The van der Waals surface area contributed by atoms with E-state index in [0.29, 0.717) is 6.42 Å². The molecule has 0 aromatic heterocycles. The van der Waals surface area contributed by atoms with Crippen LogP contribution in [0.5, 0.6) is 0 Å². The summed E-state index contributed by atoms with van der Waals surface area (Å²) in [7, 11) is 1.88. The zero-order valence-corrected chi connectivity index (χ0v) is 15.8. The van der Waals surface area contributed by atoms with Crippen molar-refractivity contribution in [1.29, 1.82) is 0 Å². The van der Waals surface area contributed by atoms with Crippen LogP contribution < -0.4 is 0 Å². The van der Waals surface area contributed by atoms with E-state index in [1.54, 1.807) is 6.08 Å². The van der Waals surface area contributed by atoms with Gasteiger partial charge in [-0.2, -0.15) is 0 Å². The van der Waals surface area contributed by atoms with Crippen LogP contribution in [-0.4, -0.2) is 24.0 Å². The van der Waals surface area contributed by atoms with Crippen LogP contribution >= 0.6 is 0 Å². The van der Waals surface area contributed by atoms with E-state index >= 15 is 0 Å². The molecule has 0 saturated carbocycles. The van der Waals surface area contributed by atoms with Gasteiger partial charge in [0.1, 0.15) is 12.1 Å². The van der Waals surface area contributed by atoms with Crippen molar-refractivity contribution >= 4 is 5.97 Å². The van der Waals surface area contributed by atoms with Gasteiger partial charge >= 0.3 is 5.97 Å². The number of rotatable bonds is 6. The number of nitrogens with zero attached hydrogens (tertiary/aromatic N) is 1. The number of hydrogen-bond donors (Lipinski definition) is 0. The summed E-state index contributed by atoms with van der Waals surface area (Å²) in [6, 6.07) is 18.9. The topological polar surface area (TPSA) is 29.5 Å². The first kappa shape index (κ1) is 19.3. The lowest BCUT2D eigenvalue weighted by molar-refractivity contribution is -0.173. The number of likely N-dealkylation sites (N-methyl/N-ethyl adjacent to an activating group) is 1. The first-order chi connectivity index (χ1) is 13.1. The number of cyclic esters (lactones) is 1. The van der Waals surface area contributed by atoms with Gasteiger partial charge in [-0.05, 0) is 24.6 Å². The number of benzene rings is 2. The molecule has 142 valence electrons. The Balaban J connectivity index is 1.93. The molecule has 3 unspecified atom stereocenters. The highest BCUT2D eigenvalue weighted by molar-refractivity contribution is 5.77. The molecule has 3 atom stereocenters. The highest BCUT2D eigenvalue weighted by Crippen LogP contribution is 2.42. The molecule has 0 aliphatic carbocycles. The van der Waals surface area contributed by atoms with E-state index in [0.717, 1.165) is 17.5 Å². The van der Waals surface area contributed by atoms with Gasteiger partial charge in [0.15, 0.2) is 0 Å². The number of morpholine rings is 1. The number of halogens is 1. The van der Waals surface area contributed by atoms with E-state index in [4.69, 9.17) is 4.74 Å².